The predicted molar refractivity (Wildman–Crippen MR) is 147 cm³/mol. The highest BCUT2D eigenvalue weighted by Crippen LogP contribution is 2.56. The average molecular weight is 529 g/mol. The number of hydrogen-bond donors (Lipinski definition) is 3. The summed E-state index contributed by atoms with van der Waals surface area (Å²) in [5.41, 5.74) is 6.14. The molecule has 3 amide bonds. The molecule has 1 aliphatic carbocycles. The molecule has 2 bridgehead atoms. The zero-order valence-corrected chi connectivity index (χ0v) is 22.5. The van der Waals surface area contributed by atoms with E-state index in [1.807, 2.05) is 62.6 Å². The van der Waals surface area contributed by atoms with E-state index in [2.05, 4.69) is 30.6 Å². The van der Waals surface area contributed by atoms with Gasteiger partial charge in [-0.15, -0.1) is 0 Å². The molecule has 6 rings (SSSR count). The molecule has 2 aliphatic rings. The minimum atomic E-state index is -0.827. The fraction of sp³-hybridized carbons (Fsp3) is 0.393. The van der Waals surface area contributed by atoms with Gasteiger partial charge in [0.05, 0.1) is 17.5 Å². The maximum absolute atomic E-state index is 13.3. The van der Waals surface area contributed by atoms with Crippen LogP contribution in [0.4, 0.5) is 11.5 Å². The van der Waals surface area contributed by atoms with E-state index in [9.17, 15) is 14.4 Å². The Hall–Kier alpha value is -4.41. The van der Waals surface area contributed by atoms with Crippen molar-refractivity contribution >= 4 is 51.3 Å². The molecule has 0 spiro atoms. The third-order valence-corrected chi connectivity index (χ3v) is 7.86. The average Bonchev–Trinajstić information content (AvgIpc) is 3.32. The number of pyridine rings is 1. The van der Waals surface area contributed by atoms with Crippen LogP contribution in [0.15, 0.2) is 49.2 Å². The van der Waals surface area contributed by atoms with E-state index in [-0.39, 0.29) is 17.7 Å². The molecule has 4 aromatic rings. The summed E-state index contributed by atoms with van der Waals surface area (Å²) in [4.78, 5) is 54.6. The van der Waals surface area contributed by atoms with Crippen molar-refractivity contribution in [3.8, 4) is 0 Å². The molecule has 4 heterocycles. The molecule has 202 valence electrons. The lowest BCUT2D eigenvalue weighted by Gasteiger charge is -2.53. The number of aryl methyl sites for hydroxylation is 1. The Bertz CT molecular complexity index is 1580. The molecular formula is C28H32N8O3. The molecule has 4 N–H and O–H groups in total. The number of carbonyl (C=O) groups excluding carboxylic acids is 3. The van der Waals surface area contributed by atoms with Crippen molar-refractivity contribution in [1.82, 2.24) is 29.8 Å². The lowest BCUT2D eigenvalue weighted by Crippen LogP contribution is -2.63. The summed E-state index contributed by atoms with van der Waals surface area (Å²) >= 11 is 0. The second kappa shape index (κ2) is 9.40. The minimum Gasteiger partial charge on any atom is -0.382 e. The Balaban J connectivity index is 0.000000214. The molecule has 2 fully saturated rings. The first-order chi connectivity index (χ1) is 18.5. The van der Waals surface area contributed by atoms with Gasteiger partial charge < -0.3 is 15.6 Å². The van der Waals surface area contributed by atoms with Crippen LogP contribution >= 0.6 is 0 Å². The summed E-state index contributed by atoms with van der Waals surface area (Å²) in [7, 11) is 0. The Kier molecular flexibility index (Phi) is 6.32. The lowest BCUT2D eigenvalue weighted by atomic mass is 9.52. The van der Waals surface area contributed by atoms with Gasteiger partial charge in [0.2, 0.25) is 17.7 Å². The van der Waals surface area contributed by atoms with Gasteiger partial charge in [0.15, 0.2) is 11.5 Å². The van der Waals surface area contributed by atoms with E-state index in [0.29, 0.717) is 36.3 Å². The second-order valence-corrected chi connectivity index (χ2v) is 11.3. The van der Waals surface area contributed by atoms with Gasteiger partial charge in [-0.2, -0.15) is 0 Å². The number of nitrogens with one attached hydrogen (secondary N) is 2. The number of hydrogen-bond acceptors (Lipinski definition) is 8. The van der Waals surface area contributed by atoms with Gasteiger partial charge in [0.1, 0.15) is 11.8 Å². The number of fused-ring (bicyclic) bond motifs is 4. The van der Waals surface area contributed by atoms with Gasteiger partial charge >= 0.3 is 0 Å². The molecule has 1 saturated carbocycles. The number of rotatable bonds is 3. The quantitative estimate of drug-likeness (QED) is 0.341. The minimum absolute atomic E-state index is 0.180. The smallest absolute Gasteiger partial charge is 0.232 e. The highest BCUT2D eigenvalue weighted by Gasteiger charge is 2.60. The summed E-state index contributed by atoms with van der Waals surface area (Å²) in [5.74, 6) is -0.307. The number of aromatic nitrogens is 5. The van der Waals surface area contributed by atoms with E-state index >= 15 is 0 Å². The van der Waals surface area contributed by atoms with E-state index in [0.717, 1.165) is 23.1 Å². The number of nitrogens with two attached hydrogens (primary N) is 1. The monoisotopic (exact) mass is 528 g/mol. The van der Waals surface area contributed by atoms with Crippen LogP contribution in [-0.2, 0) is 20.9 Å². The van der Waals surface area contributed by atoms with Crippen LogP contribution in [0, 0.1) is 16.2 Å². The van der Waals surface area contributed by atoms with Crippen LogP contribution in [0.1, 0.15) is 47.0 Å². The number of imide groups is 1. The summed E-state index contributed by atoms with van der Waals surface area (Å²) < 4.78 is 1.92. The fourth-order valence-corrected chi connectivity index (χ4v) is 6.27. The Morgan fingerprint density at radius 1 is 0.974 bits per heavy atom. The zero-order chi connectivity index (χ0) is 28.0. The van der Waals surface area contributed by atoms with Gasteiger partial charge in [-0.1, -0.05) is 39.0 Å². The zero-order valence-electron chi connectivity index (χ0n) is 22.5. The van der Waals surface area contributed by atoms with E-state index in [4.69, 9.17) is 5.73 Å². The van der Waals surface area contributed by atoms with Crippen LogP contribution in [0.5, 0.6) is 0 Å². The van der Waals surface area contributed by atoms with Crippen molar-refractivity contribution in [2.75, 3.05) is 11.1 Å². The molecule has 1 aromatic carbocycles. The number of nitrogens with zero attached hydrogens (tertiary/aromatic N) is 5. The Labute approximate surface area is 225 Å². The predicted octanol–water partition coefficient (Wildman–Crippen LogP) is 3.46. The number of para-hydroxylation sites is 1. The number of benzene rings is 1. The SMILES string of the molecule is CC1(C(=O)Nc2cccc3cccnc23)C[C@@]2(C)C[C@@](C)(C1)C(=O)NC2=O.CCn1cnc2c(N)ncnc21. The van der Waals surface area contributed by atoms with Crippen molar-refractivity contribution in [2.45, 2.75) is 53.5 Å². The second-order valence-electron chi connectivity index (χ2n) is 11.3. The summed E-state index contributed by atoms with van der Waals surface area (Å²) in [6.07, 6.45) is 6.14. The van der Waals surface area contributed by atoms with Crippen molar-refractivity contribution < 1.29 is 14.4 Å². The van der Waals surface area contributed by atoms with Crippen molar-refractivity contribution in [3.05, 3.63) is 49.2 Å². The first kappa shape index (κ1) is 26.2. The first-order valence-corrected chi connectivity index (χ1v) is 12.9. The maximum atomic E-state index is 13.3. The standard InChI is InChI=1S/C21H23N3O3.C7H9N5/c1-19(10-20(2)12-21(3,11-19)18(27)24-17(20)26)16(25)23-14-8-4-6-13-7-5-9-22-15(13)14;1-2-12-4-11-5-6(8)9-3-10-7(5)12/h4-9H,10-12H2,1-3H3,(H,23,25)(H,24,26,27);3-4H,2H2,1H3,(H2,8,9,10)/t19?,20-,21+;. The van der Waals surface area contributed by atoms with Crippen molar-refractivity contribution in [2.24, 2.45) is 16.2 Å². The summed E-state index contributed by atoms with van der Waals surface area (Å²) in [6.45, 7) is 8.41. The van der Waals surface area contributed by atoms with Crippen molar-refractivity contribution in [3.63, 3.8) is 0 Å². The normalized spacial score (nSPS) is 26.1. The lowest BCUT2D eigenvalue weighted by molar-refractivity contribution is -0.163. The van der Waals surface area contributed by atoms with Crippen LogP contribution in [0.25, 0.3) is 22.1 Å². The number of nitrogen functional groups attached to an aromatic ring is 1. The van der Waals surface area contributed by atoms with Crippen LogP contribution in [0.2, 0.25) is 0 Å². The van der Waals surface area contributed by atoms with Crippen LogP contribution in [-0.4, -0.2) is 42.2 Å². The number of anilines is 2. The van der Waals surface area contributed by atoms with Crippen molar-refractivity contribution in [1.29, 1.82) is 0 Å². The molecule has 1 aliphatic heterocycles. The Morgan fingerprint density at radius 2 is 1.67 bits per heavy atom. The molecular weight excluding hydrogens is 496 g/mol. The molecule has 11 heteroatoms. The Morgan fingerprint density at radius 3 is 2.36 bits per heavy atom. The third-order valence-electron chi connectivity index (χ3n) is 7.86. The highest BCUT2D eigenvalue weighted by molar-refractivity contribution is 6.07. The molecule has 3 atom stereocenters. The first-order valence-electron chi connectivity index (χ1n) is 12.9. The van der Waals surface area contributed by atoms with Gasteiger partial charge in [-0.25, -0.2) is 15.0 Å². The number of carbonyl (C=O) groups is 3. The number of imidazole rings is 1. The largest absolute Gasteiger partial charge is 0.382 e. The topological polar surface area (TPSA) is 158 Å². The third kappa shape index (κ3) is 4.58. The van der Waals surface area contributed by atoms with Gasteiger partial charge in [-0.05, 0) is 38.3 Å². The summed E-state index contributed by atoms with van der Waals surface area (Å²) in [6, 6.07) is 9.42. The van der Waals surface area contributed by atoms with E-state index in [1.165, 1.54) is 6.33 Å². The van der Waals surface area contributed by atoms with Crippen LogP contribution < -0.4 is 16.4 Å². The fourth-order valence-electron chi connectivity index (χ4n) is 6.27. The molecule has 11 nitrogen and oxygen atoms in total. The van der Waals surface area contributed by atoms with Crippen LogP contribution in [0.3, 0.4) is 0 Å². The van der Waals surface area contributed by atoms with Gasteiger partial charge in [0, 0.05) is 34.4 Å². The summed E-state index contributed by atoms with van der Waals surface area (Å²) in [5, 5.41) is 6.44. The van der Waals surface area contributed by atoms with E-state index in [1.54, 1.807) is 12.5 Å². The van der Waals surface area contributed by atoms with Gasteiger partial charge in [-0.3, -0.25) is 24.7 Å². The molecule has 0 radical (unpaired) electrons. The van der Waals surface area contributed by atoms with Gasteiger partial charge in [0.25, 0.3) is 0 Å². The molecule has 3 aromatic heterocycles. The highest BCUT2D eigenvalue weighted by atomic mass is 16.2. The number of amides is 3. The molecule has 39 heavy (non-hydrogen) atoms. The molecule has 1 unspecified atom stereocenters. The maximum Gasteiger partial charge on any atom is 0.232 e. The number of piperidine rings is 1. The molecule has 1 saturated heterocycles. The van der Waals surface area contributed by atoms with E-state index < -0.39 is 16.2 Å².